The van der Waals surface area contributed by atoms with E-state index in [2.05, 4.69) is 20.4 Å². The van der Waals surface area contributed by atoms with Crippen molar-refractivity contribution in [2.24, 2.45) is 5.92 Å². The maximum atomic E-state index is 11.0. The molecule has 0 N–H and O–H groups in total. The molecule has 0 heterocycles. The maximum Gasteiger partial charge on any atom is 0.330 e. The number of esters is 1. The molecule has 0 saturated carbocycles. The summed E-state index contributed by atoms with van der Waals surface area (Å²) in [5.41, 5.74) is 0. The number of carbonyl (C=O) groups excluding carboxylic acids is 1. The van der Waals surface area contributed by atoms with Crippen LogP contribution in [-0.4, -0.2) is 12.6 Å². The van der Waals surface area contributed by atoms with Crippen molar-refractivity contribution in [3.05, 3.63) is 12.7 Å². The highest BCUT2D eigenvalue weighted by Crippen LogP contribution is 2.15. The van der Waals surface area contributed by atoms with Gasteiger partial charge in [-0.15, -0.1) is 0 Å². The van der Waals surface area contributed by atoms with Crippen LogP contribution in [0, 0.1) is 5.92 Å². The summed E-state index contributed by atoms with van der Waals surface area (Å²) in [4.78, 5) is 11.0. The number of hydrogen-bond acceptors (Lipinski definition) is 2. The van der Waals surface area contributed by atoms with Crippen molar-refractivity contribution in [1.82, 2.24) is 0 Å². The Labute approximate surface area is 157 Å². The fraction of sp³-hybridized carbons (Fsp3) is 0.870. The lowest BCUT2D eigenvalue weighted by Gasteiger charge is -2.10. The molecule has 0 spiro atoms. The van der Waals surface area contributed by atoms with Gasteiger partial charge < -0.3 is 4.74 Å². The zero-order valence-electron chi connectivity index (χ0n) is 17.2. The van der Waals surface area contributed by atoms with Crippen LogP contribution < -0.4 is 0 Å². The van der Waals surface area contributed by atoms with Crippen molar-refractivity contribution in [3.63, 3.8) is 0 Å². The Hall–Kier alpha value is -0.790. The molecule has 0 saturated heterocycles. The Bertz CT molecular complexity index is 298. The summed E-state index contributed by atoms with van der Waals surface area (Å²) in [7, 11) is 0. The van der Waals surface area contributed by atoms with Gasteiger partial charge in [0.2, 0.25) is 0 Å². The molecule has 0 aliphatic carbocycles. The summed E-state index contributed by atoms with van der Waals surface area (Å²) in [5, 5.41) is 0. The largest absolute Gasteiger partial charge is 0.462 e. The normalized spacial score (nSPS) is 12.1. The fourth-order valence-electron chi connectivity index (χ4n) is 3.23. The van der Waals surface area contributed by atoms with E-state index < -0.39 is 0 Å². The Morgan fingerprint density at radius 2 is 1.20 bits per heavy atom. The molecule has 0 aromatic heterocycles. The van der Waals surface area contributed by atoms with Crippen LogP contribution in [0.2, 0.25) is 0 Å². The van der Waals surface area contributed by atoms with Crippen LogP contribution in [0.15, 0.2) is 12.7 Å². The van der Waals surface area contributed by atoms with Crippen molar-refractivity contribution < 1.29 is 9.53 Å². The summed E-state index contributed by atoms with van der Waals surface area (Å²) in [5.74, 6) is 0.161. The topological polar surface area (TPSA) is 26.3 Å². The summed E-state index contributed by atoms with van der Waals surface area (Å²) in [6.07, 6.45) is 23.4. The van der Waals surface area contributed by atoms with Gasteiger partial charge in [-0.3, -0.25) is 0 Å². The van der Waals surface area contributed by atoms with E-state index in [9.17, 15) is 4.79 Å². The molecule has 0 amide bonds. The Kier molecular flexibility index (Phi) is 18.9. The lowest BCUT2D eigenvalue weighted by molar-refractivity contribution is -0.139. The van der Waals surface area contributed by atoms with Gasteiger partial charge in [-0.05, 0) is 12.3 Å². The molecule has 2 heteroatoms. The highest BCUT2D eigenvalue weighted by molar-refractivity contribution is 5.81. The number of hydrogen-bond donors (Lipinski definition) is 0. The number of unbranched alkanes of at least 4 members (excludes halogenated alkanes) is 14. The average Bonchev–Trinajstić information content (AvgIpc) is 2.62. The van der Waals surface area contributed by atoms with Gasteiger partial charge in [0.25, 0.3) is 0 Å². The number of carbonyl (C=O) groups is 1. The third-order valence-electron chi connectivity index (χ3n) is 4.98. The molecular weight excluding hydrogens is 308 g/mol. The van der Waals surface area contributed by atoms with Gasteiger partial charge in [-0.25, -0.2) is 4.79 Å². The van der Waals surface area contributed by atoms with Crippen LogP contribution in [-0.2, 0) is 9.53 Å². The van der Waals surface area contributed by atoms with E-state index in [1.165, 1.54) is 102 Å². The minimum Gasteiger partial charge on any atom is -0.462 e. The van der Waals surface area contributed by atoms with E-state index in [1.54, 1.807) is 0 Å². The highest BCUT2D eigenvalue weighted by atomic mass is 16.5. The second kappa shape index (κ2) is 19.5. The first-order chi connectivity index (χ1) is 12.2. The van der Waals surface area contributed by atoms with Gasteiger partial charge >= 0.3 is 5.97 Å². The Balaban J connectivity index is 3.13. The van der Waals surface area contributed by atoms with Crippen LogP contribution in [0.1, 0.15) is 117 Å². The summed E-state index contributed by atoms with van der Waals surface area (Å²) >= 11 is 0. The van der Waals surface area contributed by atoms with Crippen LogP contribution in [0.3, 0.4) is 0 Å². The highest BCUT2D eigenvalue weighted by Gasteiger charge is 2.04. The summed E-state index contributed by atoms with van der Waals surface area (Å²) in [6.45, 7) is 8.38. The van der Waals surface area contributed by atoms with E-state index >= 15 is 0 Å². The molecule has 0 aliphatic rings. The lowest BCUT2D eigenvalue weighted by Crippen LogP contribution is -2.09. The molecule has 0 aromatic rings. The summed E-state index contributed by atoms with van der Waals surface area (Å²) < 4.78 is 5.07. The Morgan fingerprint density at radius 3 is 1.60 bits per heavy atom. The van der Waals surface area contributed by atoms with Crippen LogP contribution in [0.25, 0.3) is 0 Å². The second-order valence-corrected chi connectivity index (χ2v) is 7.68. The van der Waals surface area contributed by atoms with Gasteiger partial charge in [0, 0.05) is 6.08 Å². The first-order valence-electron chi connectivity index (χ1n) is 11.0. The average molecular weight is 353 g/mol. The van der Waals surface area contributed by atoms with E-state index in [4.69, 9.17) is 4.74 Å². The van der Waals surface area contributed by atoms with Crippen molar-refractivity contribution in [3.8, 4) is 0 Å². The molecule has 0 aromatic carbocycles. The standard InChI is InChI=1S/C23H44O2/c1-4-6-7-8-9-10-11-12-13-14-15-16-17-18-19-20-22(3)21-25-23(24)5-2/h5,22H,2,4,6-21H2,1,3H3. The zero-order valence-corrected chi connectivity index (χ0v) is 17.2. The molecule has 2 nitrogen and oxygen atoms in total. The second-order valence-electron chi connectivity index (χ2n) is 7.68. The van der Waals surface area contributed by atoms with Crippen molar-refractivity contribution in [2.75, 3.05) is 6.61 Å². The van der Waals surface area contributed by atoms with Gasteiger partial charge in [0.05, 0.1) is 6.61 Å². The molecule has 0 bridgehead atoms. The molecule has 1 atom stereocenters. The molecule has 25 heavy (non-hydrogen) atoms. The van der Waals surface area contributed by atoms with Crippen molar-refractivity contribution >= 4 is 5.97 Å². The zero-order chi connectivity index (χ0) is 18.6. The summed E-state index contributed by atoms with van der Waals surface area (Å²) in [6, 6.07) is 0. The minimum atomic E-state index is -0.302. The third kappa shape index (κ3) is 19.4. The number of rotatable bonds is 19. The van der Waals surface area contributed by atoms with Gasteiger partial charge in [-0.2, -0.15) is 0 Å². The first kappa shape index (κ1) is 24.2. The first-order valence-corrected chi connectivity index (χ1v) is 11.0. The fourth-order valence-corrected chi connectivity index (χ4v) is 3.23. The van der Waals surface area contributed by atoms with E-state index in [-0.39, 0.29) is 5.97 Å². The smallest absolute Gasteiger partial charge is 0.330 e. The van der Waals surface area contributed by atoms with Crippen LogP contribution in [0.5, 0.6) is 0 Å². The molecule has 1 unspecified atom stereocenters. The molecule has 0 rings (SSSR count). The Morgan fingerprint density at radius 1 is 0.800 bits per heavy atom. The number of ether oxygens (including phenoxy) is 1. The van der Waals surface area contributed by atoms with E-state index in [0.717, 1.165) is 6.42 Å². The van der Waals surface area contributed by atoms with Crippen LogP contribution >= 0.6 is 0 Å². The maximum absolute atomic E-state index is 11.0. The lowest BCUT2D eigenvalue weighted by atomic mass is 10.0. The minimum absolute atomic E-state index is 0.302. The molecule has 0 fully saturated rings. The van der Waals surface area contributed by atoms with E-state index in [1.807, 2.05) is 0 Å². The SMILES string of the molecule is C=CC(=O)OCC(C)CCCCCCCCCCCCCCCCC. The van der Waals surface area contributed by atoms with Crippen molar-refractivity contribution in [1.29, 1.82) is 0 Å². The third-order valence-corrected chi connectivity index (χ3v) is 4.98. The van der Waals surface area contributed by atoms with Crippen LogP contribution in [0.4, 0.5) is 0 Å². The van der Waals surface area contributed by atoms with Gasteiger partial charge in [0.15, 0.2) is 0 Å². The van der Waals surface area contributed by atoms with Gasteiger partial charge in [0.1, 0.15) is 0 Å². The predicted molar refractivity (Wildman–Crippen MR) is 110 cm³/mol. The monoisotopic (exact) mass is 352 g/mol. The molecule has 0 aliphatic heterocycles. The van der Waals surface area contributed by atoms with Gasteiger partial charge in [-0.1, -0.05) is 117 Å². The van der Waals surface area contributed by atoms with E-state index in [0.29, 0.717) is 12.5 Å². The van der Waals surface area contributed by atoms with Crippen molar-refractivity contribution in [2.45, 2.75) is 117 Å². The molecule has 0 radical (unpaired) electrons. The molecular formula is C23H44O2. The molecule has 148 valence electrons. The quantitative estimate of drug-likeness (QED) is 0.136. The predicted octanol–water partition coefficient (Wildman–Crippen LogP) is 7.61.